The SMILES string of the molecule is O=C(NCc1cccc(C(F)(F)F)c1)C1CC(=O)N(Cc2ccco2)C1. The second kappa shape index (κ2) is 7.23. The van der Waals surface area contributed by atoms with Gasteiger partial charge in [-0.05, 0) is 29.8 Å². The summed E-state index contributed by atoms with van der Waals surface area (Å²) in [5, 5.41) is 2.61. The van der Waals surface area contributed by atoms with Crippen LogP contribution in [-0.4, -0.2) is 23.3 Å². The first-order valence-corrected chi connectivity index (χ1v) is 8.07. The van der Waals surface area contributed by atoms with Gasteiger partial charge in [-0.25, -0.2) is 0 Å². The molecular formula is C18H17F3N2O3. The molecule has 1 aliphatic heterocycles. The number of nitrogens with one attached hydrogen (secondary N) is 1. The van der Waals surface area contributed by atoms with Crippen molar-refractivity contribution in [2.24, 2.45) is 5.92 Å². The van der Waals surface area contributed by atoms with E-state index in [0.29, 0.717) is 17.9 Å². The molecule has 1 aliphatic rings. The standard InChI is InChI=1S/C18H17F3N2O3/c19-18(20,21)14-4-1-3-12(7-14)9-22-17(25)13-8-16(24)23(10-13)11-15-5-2-6-26-15/h1-7,13H,8-11H2,(H,22,25). The lowest BCUT2D eigenvalue weighted by Crippen LogP contribution is -2.32. The minimum Gasteiger partial charge on any atom is -0.467 e. The van der Waals surface area contributed by atoms with E-state index in [9.17, 15) is 22.8 Å². The van der Waals surface area contributed by atoms with Gasteiger partial charge in [-0.15, -0.1) is 0 Å². The molecule has 1 atom stereocenters. The highest BCUT2D eigenvalue weighted by Crippen LogP contribution is 2.29. The van der Waals surface area contributed by atoms with Crippen molar-refractivity contribution in [3.05, 3.63) is 59.5 Å². The summed E-state index contributed by atoms with van der Waals surface area (Å²) >= 11 is 0. The number of benzene rings is 1. The maximum Gasteiger partial charge on any atom is 0.416 e. The Morgan fingerprint density at radius 1 is 1.27 bits per heavy atom. The van der Waals surface area contributed by atoms with Crippen molar-refractivity contribution in [3.63, 3.8) is 0 Å². The quantitative estimate of drug-likeness (QED) is 0.885. The normalized spacial score (nSPS) is 17.6. The van der Waals surface area contributed by atoms with Crippen LogP contribution in [0, 0.1) is 5.92 Å². The fourth-order valence-electron chi connectivity index (χ4n) is 2.88. The molecule has 1 aromatic heterocycles. The largest absolute Gasteiger partial charge is 0.467 e. The second-order valence-electron chi connectivity index (χ2n) is 6.17. The van der Waals surface area contributed by atoms with Crippen LogP contribution in [0.5, 0.6) is 0 Å². The van der Waals surface area contributed by atoms with Crippen LogP contribution < -0.4 is 5.32 Å². The highest BCUT2D eigenvalue weighted by atomic mass is 19.4. The van der Waals surface area contributed by atoms with Crippen molar-refractivity contribution >= 4 is 11.8 Å². The maximum absolute atomic E-state index is 12.7. The average molecular weight is 366 g/mol. The summed E-state index contributed by atoms with van der Waals surface area (Å²) < 4.78 is 43.3. The fourth-order valence-corrected chi connectivity index (χ4v) is 2.88. The Hall–Kier alpha value is -2.77. The number of nitrogens with zero attached hydrogens (tertiary/aromatic N) is 1. The number of hydrogen-bond acceptors (Lipinski definition) is 3. The Morgan fingerprint density at radius 3 is 2.77 bits per heavy atom. The van der Waals surface area contributed by atoms with Gasteiger partial charge in [0.2, 0.25) is 11.8 Å². The van der Waals surface area contributed by atoms with Crippen LogP contribution in [0.1, 0.15) is 23.3 Å². The van der Waals surface area contributed by atoms with Gasteiger partial charge in [0.25, 0.3) is 0 Å². The summed E-state index contributed by atoms with van der Waals surface area (Å²) in [6.07, 6.45) is -2.84. The molecular weight excluding hydrogens is 349 g/mol. The first kappa shape index (κ1) is 18.0. The molecule has 0 saturated carbocycles. The Morgan fingerprint density at radius 2 is 2.08 bits per heavy atom. The summed E-state index contributed by atoms with van der Waals surface area (Å²) in [6.45, 7) is 0.531. The number of furan rings is 1. The van der Waals surface area contributed by atoms with Crippen molar-refractivity contribution in [2.45, 2.75) is 25.7 Å². The number of likely N-dealkylation sites (tertiary alicyclic amines) is 1. The number of hydrogen-bond donors (Lipinski definition) is 1. The third kappa shape index (κ3) is 4.25. The fraction of sp³-hybridized carbons (Fsp3) is 0.333. The molecule has 2 aromatic rings. The summed E-state index contributed by atoms with van der Waals surface area (Å²) in [5.74, 6) is -0.398. The van der Waals surface area contributed by atoms with E-state index in [1.807, 2.05) is 0 Å². The number of rotatable bonds is 5. The van der Waals surface area contributed by atoms with Crippen molar-refractivity contribution in [1.82, 2.24) is 10.2 Å². The zero-order valence-electron chi connectivity index (χ0n) is 13.8. The number of amides is 2. The van der Waals surface area contributed by atoms with Crippen LogP contribution >= 0.6 is 0 Å². The van der Waals surface area contributed by atoms with Gasteiger partial charge in [0.1, 0.15) is 5.76 Å². The minimum atomic E-state index is -4.43. The lowest BCUT2D eigenvalue weighted by Gasteiger charge is -2.15. The topological polar surface area (TPSA) is 62.6 Å². The molecule has 1 unspecified atom stereocenters. The van der Waals surface area contributed by atoms with Crippen LogP contribution in [-0.2, 0) is 28.9 Å². The average Bonchev–Trinajstić information content (AvgIpc) is 3.23. The molecule has 1 aromatic carbocycles. The maximum atomic E-state index is 12.7. The van der Waals surface area contributed by atoms with E-state index in [0.717, 1.165) is 12.1 Å². The van der Waals surface area contributed by atoms with Crippen molar-refractivity contribution < 1.29 is 27.2 Å². The predicted molar refractivity (Wildman–Crippen MR) is 85.5 cm³/mol. The van der Waals surface area contributed by atoms with Crippen molar-refractivity contribution in [1.29, 1.82) is 0 Å². The Balaban J connectivity index is 1.55. The van der Waals surface area contributed by atoms with E-state index < -0.39 is 17.7 Å². The van der Waals surface area contributed by atoms with E-state index in [2.05, 4.69) is 5.32 Å². The van der Waals surface area contributed by atoms with E-state index in [4.69, 9.17) is 4.42 Å². The lowest BCUT2D eigenvalue weighted by atomic mass is 10.1. The third-order valence-electron chi connectivity index (χ3n) is 4.23. The first-order valence-electron chi connectivity index (χ1n) is 8.07. The van der Waals surface area contributed by atoms with Crippen molar-refractivity contribution in [3.8, 4) is 0 Å². The Bertz CT molecular complexity index is 787. The molecule has 0 radical (unpaired) electrons. The van der Waals surface area contributed by atoms with Gasteiger partial charge in [-0.3, -0.25) is 9.59 Å². The summed E-state index contributed by atoms with van der Waals surface area (Å²) in [7, 11) is 0. The number of carbonyl (C=O) groups excluding carboxylic acids is 2. The Kier molecular flexibility index (Phi) is 5.01. The van der Waals surface area contributed by atoms with Gasteiger partial charge in [0.15, 0.2) is 0 Å². The zero-order valence-corrected chi connectivity index (χ0v) is 13.8. The molecule has 0 bridgehead atoms. The molecule has 1 fully saturated rings. The van der Waals surface area contributed by atoms with Crippen LogP contribution in [0.15, 0.2) is 47.1 Å². The van der Waals surface area contributed by atoms with Gasteiger partial charge in [-0.2, -0.15) is 13.2 Å². The molecule has 3 rings (SSSR count). The molecule has 8 heteroatoms. The summed E-state index contributed by atoms with van der Waals surface area (Å²) in [5.41, 5.74) is -0.408. The molecule has 0 spiro atoms. The number of halogens is 3. The van der Waals surface area contributed by atoms with E-state index in [1.54, 1.807) is 12.1 Å². The van der Waals surface area contributed by atoms with Gasteiger partial charge >= 0.3 is 6.18 Å². The molecule has 26 heavy (non-hydrogen) atoms. The molecule has 5 nitrogen and oxygen atoms in total. The van der Waals surface area contributed by atoms with Crippen molar-refractivity contribution in [2.75, 3.05) is 6.54 Å². The summed E-state index contributed by atoms with van der Waals surface area (Å²) in [4.78, 5) is 25.8. The molecule has 2 amide bonds. The van der Waals surface area contributed by atoms with Gasteiger partial charge in [0, 0.05) is 19.5 Å². The molecule has 1 saturated heterocycles. The highest BCUT2D eigenvalue weighted by Gasteiger charge is 2.34. The van der Waals surface area contributed by atoms with Gasteiger partial charge in [-0.1, -0.05) is 12.1 Å². The molecule has 0 aliphatic carbocycles. The second-order valence-corrected chi connectivity index (χ2v) is 6.17. The van der Waals surface area contributed by atoms with Gasteiger partial charge < -0.3 is 14.6 Å². The third-order valence-corrected chi connectivity index (χ3v) is 4.23. The van der Waals surface area contributed by atoms with Crippen LogP contribution in [0.3, 0.4) is 0 Å². The van der Waals surface area contributed by atoms with E-state index in [1.165, 1.54) is 23.3 Å². The molecule has 1 N–H and O–H groups in total. The van der Waals surface area contributed by atoms with Crippen LogP contribution in [0.25, 0.3) is 0 Å². The summed E-state index contributed by atoms with van der Waals surface area (Å²) in [6, 6.07) is 8.26. The van der Waals surface area contributed by atoms with E-state index in [-0.39, 0.29) is 31.3 Å². The highest BCUT2D eigenvalue weighted by molar-refractivity contribution is 5.89. The lowest BCUT2D eigenvalue weighted by molar-refractivity contribution is -0.137. The zero-order chi connectivity index (χ0) is 18.7. The van der Waals surface area contributed by atoms with E-state index >= 15 is 0 Å². The monoisotopic (exact) mass is 366 g/mol. The smallest absolute Gasteiger partial charge is 0.416 e. The van der Waals surface area contributed by atoms with Crippen LogP contribution in [0.4, 0.5) is 13.2 Å². The van der Waals surface area contributed by atoms with Gasteiger partial charge in [0.05, 0.1) is 24.3 Å². The number of alkyl halides is 3. The predicted octanol–water partition coefficient (Wildman–Crippen LogP) is 2.96. The van der Waals surface area contributed by atoms with Crippen LogP contribution in [0.2, 0.25) is 0 Å². The first-order chi connectivity index (χ1) is 12.3. The number of carbonyl (C=O) groups is 2. The Labute approximate surface area is 147 Å². The molecule has 138 valence electrons. The molecule has 2 heterocycles. The minimum absolute atomic E-state index is 0.0222.